The Morgan fingerprint density at radius 2 is 1.82 bits per heavy atom. The summed E-state index contributed by atoms with van der Waals surface area (Å²) in [6.07, 6.45) is 7.22. The second-order valence-electron chi connectivity index (χ2n) is 6.41. The van der Waals surface area contributed by atoms with Crippen molar-refractivity contribution < 1.29 is 14.2 Å². The molecule has 4 heteroatoms. The van der Waals surface area contributed by atoms with E-state index in [0.717, 1.165) is 43.1 Å². The fourth-order valence-corrected chi connectivity index (χ4v) is 3.92. The highest BCUT2D eigenvalue weighted by atomic mass is 16.5. The monoisotopic (exact) mass is 305 g/mol. The van der Waals surface area contributed by atoms with E-state index < -0.39 is 0 Å². The first kappa shape index (κ1) is 15.5. The Balaban J connectivity index is 2.00. The molecule has 122 valence electrons. The molecule has 3 rings (SSSR count). The van der Waals surface area contributed by atoms with Crippen LogP contribution in [0.1, 0.15) is 57.1 Å². The Kier molecular flexibility index (Phi) is 4.48. The zero-order chi connectivity index (χ0) is 15.6. The predicted molar refractivity (Wildman–Crippen MR) is 87.0 cm³/mol. The molecular formula is C18H27NO3. The zero-order valence-corrected chi connectivity index (χ0v) is 13.9. The van der Waals surface area contributed by atoms with Crippen LogP contribution in [0.15, 0.2) is 12.1 Å². The molecule has 0 radical (unpaired) electrons. The van der Waals surface area contributed by atoms with E-state index >= 15 is 0 Å². The molecule has 1 fully saturated rings. The number of hydrogen-bond acceptors (Lipinski definition) is 4. The van der Waals surface area contributed by atoms with Crippen molar-refractivity contribution in [3.63, 3.8) is 0 Å². The number of ether oxygens (including phenoxy) is 3. The highest BCUT2D eigenvalue weighted by molar-refractivity contribution is 5.53. The molecule has 1 saturated carbocycles. The SMILES string of the molecule is CCNC1CC2(CCCCC2)Oc2cc(OC)c(OC)cc21. The molecule has 4 nitrogen and oxygen atoms in total. The minimum atomic E-state index is -0.00230. The maximum atomic E-state index is 6.50. The van der Waals surface area contributed by atoms with Crippen molar-refractivity contribution in [1.29, 1.82) is 0 Å². The van der Waals surface area contributed by atoms with Gasteiger partial charge in [-0.2, -0.15) is 0 Å². The number of methoxy groups -OCH3 is 2. The molecular weight excluding hydrogens is 278 g/mol. The van der Waals surface area contributed by atoms with Crippen LogP contribution in [-0.4, -0.2) is 26.4 Å². The number of fused-ring (bicyclic) bond motifs is 1. The van der Waals surface area contributed by atoms with E-state index in [-0.39, 0.29) is 5.60 Å². The van der Waals surface area contributed by atoms with Gasteiger partial charge in [-0.25, -0.2) is 0 Å². The fourth-order valence-electron chi connectivity index (χ4n) is 3.92. The Morgan fingerprint density at radius 1 is 1.14 bits per heavy atom. The molecule has 1 heterocycles. The fraction of sp³-hybridized carbons (Fsp3) is 0.667. The summed E-state index contributed by atoms with van der Waals surface area (Å²) in [5, 5.41) is 3.62. The largest absolute Gasteiger partial charge is 0.493 e. The topological polar surface area (TPSA) is 39.7 Å². The van der Waals surface area contributed by atoms with Gasteiger partial charge in [0.2, 0.25) is 0 Å². The third kappa shape index (κ3) is 2.76. The van der Waals surface area contributed by atoms with Gasteiger partial charge in [0, 0.05) is 24.1 Å². The molecule has 1 aliphatic heterocycles. The average molecular weight is 305 g/mol. The van der Waals surface area contributed by atoms with Gasteiger partial charge in [-0.15, -0.1) is 0 Å². The standard InChI is InChI=1S/C18H27NO3/c1-4-19-14-12-18(8-6-5-7-9-18)22-15-11-17(21-3)16(20-2)10-13(14)15/h10-11,14,19H,4-9,12H2,1-3H3. The van der Waals surface area contributed by atoms with Crippen molar-refractivity contribution in [3.05, 3.63) is 17.7 Å². The lowest BCUT2D eigenvalue weighted by Gasteiger charge is -2.45. The van der Waals surface area contributed by atoms with Crippen LogP contribution >= 0.6 is 0 Å². The van der Waals surface area contributed by atoms with Crippen LogP contribution in [0.25, 0.3) is 0 Å². The molecule has 1 aromatic carbocycles. The normalized spacial score (nSPS) is 22.8. The summed E-state index contributed by atoms with van der Waals surface area (Å²) in [5.74, 6) is 2.47. The van der Waals surface area contributed by atoms with Crippen molar-refractivity contribution in [2.75, 3.05) is 20.8 Å². The molecule has 1 atom stereocenters. The van der Waals surface area contributed by atoms with E-state index in [1.165, 1.54) is 24.8 Å². The van der Waals surface area contributed by atoms with Crippen molar-refractivity contribution in [1.82, 2.24) is 5.32 Å². The number of benzene rings is 1. The first-order valence-corrected chi connectivity index (χ1v) is 8.39. The Labute approximate surface area is 133 Å². The van der Waals surface area contributed by atoms with Crippen molar-refractivity contribution in [3.8, 4) is 17.2 Å². The van der Waals surface area contributed by atoms with E-state index in [1.807, 2.05) is 6.07 Å². The van der Waals surface area contributed by atoms with E-state index in [2.05, 4.69) is 18.3 Å². The van der Waals surface area contributed by atoms with Crippen LogP contribution in [0.2, 0.25) is 0 Å². The Morgan fingerprint density at radius 3 is 2.45 bits per heavy atom. The first-order chi connectivity index (χ1) is 10.7. The maximum absolute atomic E-state index is 6.50. The van der Waals surface area contributed by atoms with Gasteiger partial charge in [-0.05, 0) is 38.3 Å². The zero-order valence-electron chi connectivity index (χ0n) is 13.9. The molecule has 22 heavy (non-hydrogen) atoms. The summed E-state index contributed by atoms with van der Waals surface area (Å²) in [6, 6.07) is 4.39. The molecule has 1 N–H and O–H groups in total. The Hall–Kier alpha value is -1.42. The van der Waals surface area contributed by atoms with Crippen molar-refractivity contribution >= 4 is 0 Å². The second-order valence-corrected chi connectivity index (χ2v) is 6.41. The lowest BCUT2D eigenvalue weighted by molar-refractivity contribution is -0.00274. The van der Waals surface area contributed by atoms with Crippen molar-refractivity contribution in [2.45, 2.75) is 57.1 Å². The summed E-state index contributed by atoms with van der Waals surface area (Å²) < 4.78 is 17.4. The van der Waals surface area contributed by atoms with Gasteiger partial charge in [-0.1, -0.05) is 13.3 Å². The van der Waals surface area contributed by atoms with Gasteiger partial charge in [0.15, 0.2) is 11.5 Å². The average Bonchev–Trinajstić information content (AvgIpc) is 2.54. The number of nitrogens with one attached hydrogen (secondary N) is 1. The molecule has 0 amide bonds. The van der Waals surface area contributed by atoms with E-state index in [4.69, 9.17) is 14.2 Å². The van der Waals surface area contributed by atoms with Crippen LogP contribution < -0.4 is 19.5 Å². The molecule has 1 aromatic rings. The number of hydrogen-bond donors (Lipinski definition) is 1. The molecule has 0 aromatic heterocycles. The molecule has 0 bridgehead atoms. The minimum absolute atomic E-state index is 0.00230. The predicted octanol–water partition coefficient (Wildman–Crippen LogP) is 3.84. The molecule has 1 spiro atoms. The summed E-state index contributed by atoms with van der Waals surface area (Å²) in [7, 11) is 3.35. The van der Waals surface area contributed by atoms with Crippen LogP contribution in [0.4, 0.5) is 0 Å². The van der Waals surface area contributed by atoms with Gasteiger partial charge in [0.05, 0.1) is 14.2 Å². The van der Waals surface area contributed by atoms with E-state index in [0.29, 0.717) is 6.04 Å². The molecule has 2 aliphatic rings. The van der Waals surface area contributed by atoms with Gasteiger partial charge in [-0.3, -0.25) is 0 Å². The Bertz CT molecular complexity index is 523. The molecule has 0 saturated heterocycles. The molecule has 1 unspecified atom stereocenters. The summed E-state index contributed by atoms with van der Waals surface area (Å²) in [6.45, 7) is 3.11. The van der Waals surface area contributed by atoms with Gasteiger partial charge < -0.3 is 19.5 Å². The highest BCUT2D eigenvalue weighted by Gasteiger charge is 2.42. The van der Waals surface area contributed by atoms with Crippen LogP contribution in [0, 0.1) is 0 Å². The van der Waals surface area contributed by atoms with E-state index in [1.54, 1.807) is 14.2 Å². The summed E-state index contributed by atoms with van der Waals surface area (Å²) in [4.78, 5) is 0. The minimum Gasteiger partial charge on any atom is -0.493 e. The summed E-state index contributed by atoms with van der Waals surface area (Å²) >= 11 is 0. The highest BCUT2D eigenvalue weighted by Crippen LogP contribution is 2.49. The van der Waals surface area contributed by atoms with Gasteiger partial charge in [0.25, 0.3) is 0 Å². The number of rotatable bonds is 4. The lowest BCUT2D eigenvalue weighted by Crippen LogP contribution is -2.45. The van der Waals surface area contributed by atoms with E-state index in [9.17, 15) is 0 Å². The van der Waals surface area contributed by atoms with Crippen LogP contribution in [0.3, 0.4) is 0 Å². The first-order valence-electron chi connectivity index (χ1n) is 8.39. The second kappa shape index (κ2) is 6.37. The molecule has 1 aliphatic carbocycles. The quantitative estimate of drug-likeness (QED) is 0.917. The third-order valence-electron chi connectivity index (χ3n) is 5.01. The van der Waals surface area contributed by atoms with Gasteiger partial charge in [0.1, 0.15) is 11.4 Å². The van der Waals surface area contributed by atoms with Gasteiger partial charge >= 0.3 is 0 Å². The van der Waals surface area contributed by atoms with Crippen LogP contribution in [0.5, 0.6) is 17.2 Å². The third-order valence-corrected chi connectivity index (χ3v) is 5.01. The summed E-state index contributed by atoms with van der Waals surface area (Å²) in [5.41, 5.74) is 1.19. The van der Waals surface area contributed by atoms with Crippen LogP contribution in [-0.2, 0) is 0 Å². The lowest BCUT2D eigenvalue weighted by atomic mass is 9.77. The smallest absolute Gasteiger partial charge is 0.164 e. The maximum Gasteiger partial charge on any atom is 0.164 e. The van der Waals surface area contributed by atoms with Crippen molar-refractivity contribution in [2.24, 2.45) is 0 Å².